The van der Waals surface area contributed by atoms with E-state index in [1.165, 1.54) is 26.4 Å². The molecule has 1 aromatic rings. The van der Waals surface area contributed by atoms with E-state index in [4.69, 9.17) is 18.9 Å². The minimum absolute atomic E-state index is 0.0690. The topological polar surface area (TPSA) is 118 Å². The quantitative estimate of drug-likeness (QED) is 0.146. The van der Waals surface area contributed by atoms with Crippen LogP contribution in [0.2, 0.25) is 0 Å². The molecule has 0 atom stereocenters. The second-order valence-electron chi connectivity index (χ2n) is 11.1. The first kappa shape index (κ1) is 31.6. The molecule has 0 radical (unpaired) electrons. The average Bonchev–Trinajstić information content (AvgIpc) is 2.74. The summed E-state index contributed by atoms with van der Waals surface area (Å²) in [7, 11) is 2.73. The van der Waals surface area contributed by atoms with Crippen LogP contribution >= 0.6 is 0 Å². The molecule has 0 aliphatic carbocycles. The molecule has 0 bridgehead atoms. The van der Waals surface area contributed by atoms with E-state index < -0.39 is 16.5 Å². The summed E-state index contributed by atoms with van der Waals surface area (Å²) < 4.78 is 27.8. The Morgan fingerprint density at radius 3 is 2.14 bits per heavy atom. The van der Waals surface area contributed by atoms with Gasteiger partial charge in [0.1, 0.15) is 6.61 Å². The third kappa shape index (κ3) is 12.0. The number of nitro benzene ring substituents is 1. The lowest BCUT2D eigenvalue weighted by atomic mass is 9.83. The number of carbonyl (C=O) groups excluding carboxylic acids is 1. The Balaban J connectivity index is 2.66. The number of nitro groups is 1. The van der Waals surface area contributed by atoms with Crippen LogP contribution in [0.15, 0.2) is 12.1 Å². The summed E-state index contributed by atoms with van der Waals surface area (Å²) in [5.41, 5.74) is -0.240. The molecule has 0 unspecified atom stereocenters. The molecule has 0 heterocycles. The lowest BCUT2D eigenvalue weighted by Gasteiger charge is -2.34. The second-order valence-corrected chi connectivity index (χ2v) is 11.1. The molecule has 1 N–H and O–H groups in total. The Hall–Kier alpha value is -2.43. The normalized spacial score (nSPS) is 12.4. The van der Waals surface area contributed by atoms with Crippen molar-refractivity contribution in [1.82, 2.24) is 5.32 Å². The molecular weight excluding hydrogens is 468 g/mol. The Morgan fingerprint density at radius 2 is 1.58 bits per heavy atom. The number of ether oxygens (including phenoxy) is 5. The zero-order chi connectivity index (χ0) is 27.6. The van der Waals surface area contributed by atoms with Crippen LogP contribution in [0.25, 0.3) is 0 Å². The summed E-state index contributed by atoms with van der Waals surface area (Å²) in [4.78, 5) is 22.4. The van der Waals surface area contributed by atoms with Crippen LogP contribution in [0, 0.1) is 15.5 Å². The minimum atomic E-state index is -0.498. The van der Waals surface area contributed by atoms with E-state index in [0.29, 0.717) is 24.3 Å². The maximum Gasteiger partial charge on any atom is 0.319 e. The number of esters is 1. The number of carbonyl (C=O) groups is 1. The molecule has 0 aromatic heterocycles. The summed E-state index contributed by atoms with van der Waals surface area (Å²) >= 11 is 0. The van der Waals surface area contributed by atoms with Crippen LogP contribution in [0.4, 0.5) is 5.69 Å². The maximum absolute atomic E-state index is 11.6. The van der Waals surface area contributed by atoms with E-state index >= 15 is 0 Å². The number of methoxy groups -OCH3 is 2. The lowest BCUT2D eigenvalue weighted by molar-refractivity contribution is -0.385. The predicted octanol–water partition coefficient (Wildman–Crippen LogP) is 4.66. The van der Waals surface area contributed by atoms with Crippen LogP contribution in [-0.2, 0) is 25.5 Å². The van der Waals surface area contributed by atoms with Crippen molar-refractivity contribution in [2.75, 3.05) is 40.6 Å². The smallest absolute Gasteiger partial charge is 0.319 e. The molecule has 1 aromatic carbocycles. The number of rotatable bonds is 16. The fourth-order valence-electron chi connectivity index (χ4n) is 3.99. The molecule has 10 heteroatoms. The second kappa shape index (κ2) is 13.8. The van der Waals surface area contributed by atoms with Gasteiger partial charge in [-0.2, -0.15) is 0 Å². The van der Waals surface area contributed by atoms with E-state index in [2.05, 4.69) is 44.7 Å². The molecule has 0 saturated carbocycles. The van der Waals surface area contributed by atoms with Gasteiger partial charge < -0.3 is 29.0 Å². The van der Waals surface area contributed by atoms with Gasteiger partial charge in [0, 0.05) is 12.1 Å². The van der Waals surface area contributed by atoms with Gasteiger partial charge >= 0.3 is 5.97 Å². The molecule has 0 saturated heterocycles. The summed E-state index contributed by atoms with van der Waals surface area (Å²) in [5.74, 6) is 0.131. The summed E-state index contributed by atoms with van der Waals surface area (Å²) in [6, 6.07) is 2.85. The Kier molecular flexibility index (Phi) is 12.1. The summed E-state index contributed by atoms with van der Waals surface area (Å²) in [6.45, 7) is 15.9. The van der Waals surface area contributed by atoms with Crippen LogP contribution in [0.1, 0.15) is 66.9 Å². The van der Waals surface area contributed by atoms with Crippen molar-refractivity contribution < 1.29 is 33.4 Å². The van der Waals surface area contributed by atoms with Gasteiger partial charge in [-0.25, -0.2) is 0 Å². The molecule has 0 spiro atoms. The molecule has 0 aliphatic rings. The van der Waals surface area contributed by atoms with Crippen LogP contribution in [-0.4, -0.2) is 62.7 Å². The van der Waals surface area contributed by atoms with E-state index in [-0.39, 0.29) is 48.8 Å². The molecule has 206 valence electrons. The van der Waals surface area contributed by atoms with Gasteiger partial charge in [0.15, 0.2) is 11.5 Å². The predicted molar refractivity (Wildman–Crippen MR) is 138 cm³/mol. The average molecular weight is 513 g/mol. The maximum atomic E-state index is 11.6. The van der Waals surface area contributed by atoms with Gasteiger partial charge in [0.25, 0.3) is 5.69 Å². The monoisotopic (exact) mass is 512 g/mol. The fourth-order valence-corrected chi connectivity index (χ4v) is 3.99. The molecule has 1 rings (SSSR count). The first-order chi connectivity index (χ1) is 16.6. The SMILES string of the molecule is COC(=O)CNCc1cc(OC)c(OCCOC(C)(C)CCOC(C)(C)CC(C)(C)C)cc1[N+](=O)[O-]. The van der Waals surface area contributed by atoms with E-state index in [1.807, 2.05) is 13.8 Å². The van der Waals surface area contributed by atoms with Crippen LogP contribution < -0.4 is 14.8 Å². The lowest BCUT2D eigenvalue weighted by Crippen LogP contribution is -2.34. The van der Waals surface area contributed by atoms with Crippen molar-refractivity contribution in [2.24, 2.45) is 5.41 Å². The van der Waals surface area contributed by atoms with Gasteiger partial charge in [-0.1, -0.05) is 20.8 Å². The molecule has 0 amide bonds. The van der Waals surface area contributed by atoms with Gasteiger partial charge in [-0.3, -0.25) is 14.9 Å². The Bertz CT molecular complexity index is 862. The summed E-state index contributed by atoms with van der Waals surface area (Å²) in [6.07, 6.45) is 1.66. The standard InChI is InChI=1S/C26H44N2O8/c1-24(2,3)18-26(6,7)35-11-10-25(4,5)36-13-12-34-22-15-20(28(30)31)19(14-21(22)32-8)16-27-17-23(29)33-9/h14-15,27H,10-13,16-18H2,1-9H3. The van der Waals surface area contributed by atoms with Crippen molar-refractivity contribution in [3.63, 3.8) is 0 Å². The highest BCUT2D eigenvalue weighted by molar-refractivity contribution is 5.71. The highest BCUT2D eigenvalue weighted by Gasteiger charge is 2.27. The van der Waals surface area contributed by atoms with Crippen LogP contribution in [0.3, 0.4) is 0 Å². The first-order valence-corrected chi connectivity index (χ1v) is 12.1. The van der Waals surface area contributed by atoms with Gasteiger partial charge in [0.05, 0.1) is 56.2 Å². The van der Waals surface area contributed by atoms with Gasteiger partial charge in [-0.05, 0) is 52.0 Å². The number of nitrogens with one attached hydrogen (secondary N) is 1. The van der Waals surface area contributed by atoms with Crippen molar-refractivity contribution in [2.45, 2.75) is 79.1 Å². The number of nitrogens with zero attached hydrogens (tertiary/aromatic N) is 1. The molecule has 36 heavy (non-hydrogen) atoms. The molecule has 10 nitrogen and oxygen atoms in total. The van der Waals surface area contributed by atoms with Crippen molar-refractivity contribution in [3.05, 3.63) is 27.8 Å². The van der Waals surface area contributed by atoms with Gasteiger partial charge in [-0.15, -0.1) is 0 Å². The Labute approximate surface area is 215 Å². The van der Waals surface area contributed by atoms with Crippen molar-refractivity contribution in [1.29, 1.82) is 0 Å². The minimum Gasteiger partial charge on any atom is -0.493 e. The first-order valence-electron chi connectivity index (χ1n) is 12.1. The zero-order valence-electron chi connectivity index (χ0n) is 23.3. The Morgan fingerprint density at radius 1 is 0.944 bits per heavy atom. The highest BCUT2D eigenvalue weighted by atomic mass is 16.6. The van der Waals surface area contributed by atoms with E-state index in [9.17, 15) is 14.9 Å². The van der Waals surface area contributed by atoms with Crippen LogP contribution in [0.5, 0.6) is 11.5 Å². The third-order valence-corrected chi connectivity index (χ3v) is 5.36. The number of benzene rings is 1. The number of hydrogen-bond acceptors (Lipinski definition) is 9. The van der Waals surface area contributed by atoms with E-state index in [1.54, 1.807) is 0 Å². The summed E-state index contributed by atoms with van der Waals surface area (Å²) in [5, 5.41) is 14.4. The highest BCUT2D eigenvalue weighted by Crippen LogP contribution is 2.35. The zero-order valence-corrected chi connectivity index (χ0v) is 23.3. The molecular formula is C26H44N2O8. The third-order valence-electron chi connectivity index (χ3n) is 5.36. The number of hydrogen-bond donors (Lipinski definition) is 1. The van der Waals surface area contributed by atoms with Crippen molar-refractivity contribution >= 4 is 11.7 Å². The van der Waals surface area contributed by atoms with Gasteiger partial charge in [0.2, 0.25) is 0 Å². The largest absolute Gasteiger partial charge is 0.493 e. The fraction of sp³-hybridized carbons (Fsp3) is 0.731. The molecule has 0 fully saturated rings. The van der Waals surface area contributed by atoms with E-state index in [0.717, 1.165) is 6.42 Å². The molecule has 0 aliphatic heterocycles. The van der Waals surface area contributed by atoms with Crippen molar-refractivity contribution in [3.8, 4) is 11.5 Å².